The largest absolute Gasteiger partial charge is 0.372 e. The quantitative estimate of drug-likeness (QED) is 0.862. The van der Waals surface area contributed by atoms with Crippen LogP contribution in [0.1, 0.15) is 18.4 Å². The minimum absolute atomic E-state index is 0.118. The van der Waals surface area contributed by atoms with Gasteiger partial charge in [0, 0.05) is 25.2 Å². The molecule has 1 N–H and O–H groups in total. The number of nitrogens with one attached hydrogen (secondary N) is 1. The third kappa shape index (κ3) is 3.51. The minimum Gasteiger partial charge on any atom is -0.372 e. The van der Waals surface area contributed by atoms with Crippen molar-refractivity contribution in [3.63, 3.8) is 0 Å². The first-order valence-electron chi connectivity index (χ1n) is 7.59. The van der Waals surface area contributed by atoms with Gasteiger partial charge in [-0.05, 0) is 30.4 Å². The second-order valence-electron chi connectivity index (χ2n) is 5.67. The molecule has 2 heterocycles. The van der Waals surface area contributed by atoms with Crippen molar-refractivity contribution in [1.29, 1.82) is 0 Å². The lowest BCUT2D eigenvalue weighted by atomic mass is 9.89. The van der Waals surface area contributed by atoms with Crippen molar-refractivity contribution < 1.29 is 4.79 Å². The van der Waals surface area contributed by atoms with Crippen molar-refractivity contribution in [2.75, 3.05) is 19.6 Å². The van der Waals surface area contributed by atoms with Crippen LogP contribution < -0.4 is 5.32 Å². The third-order valence-corrected chi connectivity index (χ3v) is 4.32. The van der Waals surface area contributed by atoms with Crippen LogP contribution in [0.2, 0.25) is 0 Å². The summed E-state index contributed by atoms with van der Waals surface area (Å²) >= 11 is 0. The van der Waals surface area contributed by atoms with Gasteiger partial charge < -0.3 is 10.2 Å². The lowest BCUT2D eigenvalue weighted by molar-refractivity contribution is -0.127. The van der Waals surface area contributed by atoms with Crippen molar-refractivity contribution in [2.45, 2.75) is 18.9 Å². The smallest absolute Gasteiger partial charge is 0.246 e. The molecule has 1 amide bonds. The molecule has 0 aliphatic carbocycles. The van der Waals surface area contributed by atoms with E-state index in [0.29, 0.717) is 12.0 Å². The summed E-state index contributed by atoms with van der Waals surface area (Å²) in [5.41, 5.74) is 1.06. The monoisotopic (exact) mass is 283 g/mol. The Labute approximate surface area is 125 Å². The molecule has 2 aliphatic heterocycles. The van der Waals surface area contributed by atoms with E-state index in [1.807, 2.05) is 47.6 Å². The summed E-state index contributed by atoms with van der Waals surface area (Å²) in [7, 11) is 0. The van der Waals surface area contributed by atoms with Crippen LogP contribution in [0.15, 0.2) is 41.4 Å². The van der Waals surface area contributed by atoms with Crippen LogP contribution in [0.3, 0.4) is 0 Å². The number of hydrogen-bond donors (Lipinski definition) is 1. The van der Waals surface area contributed by atoms with Gasteiger partial charge in [-0.3, -0.25) is 9.79 Å². The second kappa shape index (κ2) is 6.57. The highest BCUT2D eigenvalue weighted by Crippen LogP contribution is 2.22. The molecule has 110 valence electrons. The molecular formula is C17H21N3O. The minimum atomic E-state index is 0.118. The van der Waals surface area contributed by atoms with Crippen LogP contribution in [0.25, 0.3) is 6.08 Å². The number of likely N-dealkylation sites (tertiary alicyclic amines) is 1. The van der Waals surface area contributed by atoms with Crippen LogP contribution in [0.5, 0.6) is 0 Å². The fourth-order valence-electron chi connectivity index (χ4n) is 3.01. The number of aliphatic imine (C=N–C) groups is 1. The number of piperidine rings is 1. The number of amides is 1. The first-order chi connectivity index (χ1) is 10.3. The van der Waals surface area contributed by atoms with E-state index in [9.17, 15) is 4.79 Å². The molecule has 0 spiro atoms. The number of carbonyl (C=O) groups is 1. The molecule has 1 saturated heterocycles. The SMILES string of the molecule is O=C(/C=C/c1ccccc1)N1CCC(C2CN=CN2)CC1. The Kier molecular flexibility index (Phi) is 4.34. The summed E-state index contributed by atoms with van der Waals surface area (Å²) in [5, 5.41) is 3.31. The van der Waals surface area contributed by atoms with E-state index in [0.717, 1.165) is 38.0 Å². The summed E-state index contributed by atoms with van der Waals surface area (Å²) in [6, 6.07) is 10.4. The van der Waals surface area contributed by atoms with E-state index in [-0.39, 0.29) is 5.91 Å². The highest BCUT2D eigenvalue weighted by atomic mass is 16.2. The number of rotatable bonds is 3. The van der Waals surface area contributed by atoms with Crippen LogP contribution in [0, 0.1) is 5.92 Å². The van der Waals surface area contributed by atoms with Gasteiger partial charge in [-0.25, -0.2) is 0 Å². The van der Waals surface area contributed by atoms with Gasteiger partial charge >= 0.3 is 0 Å². The van der Waals surface area contributed by atoms with E-state index in [1.165, 1.54) is 0 Å². The predicted molar refractivity (Wildman–Crippen MR) is 85.1 cm³/mol. The zero-order valence-electron chi connectivity index (χ0n) is 12.1. The fraction of sp³-hybridized carbons (Fsp3) is 0.412. The molecule has 1 fully saturated rings. The van der Waals surface area contributed by atoms with Crippen molar-refractivity contribution >= 4 is 18.3 Å². The maximum atomic E-state index is 12.2. The maximum Gasteiger partial charge on any atom is 0.246 e. The molecule has 2 aliphatic rings. The highest BCUT2D eigenvalue weighted by Gasteiger charge is 2.28. The Morgan fingerprint density at radius 1 is 1.24 bits per heavy atom. The molecule has 3 rings (SSSR count). The zero-order chi connectivity index (χ0) is 14.5. The number of carbonyl (C=O) groups excluding carboxylic acids is 1. The molecule has 0 saturated carbocycles. The van der Waals surface area contributed by atoms with Crippen molar-refractivity contribution in [3.8, 4) is 0 Å². The molecule has 0 aromatic heterocycles. The fourth-order valence-corrected chi connectivity index (χ4v) is 3.01. The molecular weight excluding hydrogens is 262 g/mol. The molecule has 0 radical (unpaired) electrons. The van der Waals surface area contributed by atoms with Gasteiger partial charge in [0.25, 0.3) is 0 Å². The van der Waals surface area contributed by atoms with Crippen LogP contribution in [0.4, 0.5) is 0 Å². The topological polar surface area (TPSA) is 44.7 Å². The summed E-state index contributed by atoms with van der Waals surface area (Å²) in [6.45, 7) is 2.58. The first-order valence-corrected chi connectivity index (χ1v) is 7.59. The van der Waals surface area contributed by atoms with E-state index >= 15 is 0 Å². The molecule has 4 heteroatoms. The zero-order valence-corrected chi connectivity index (χ0v) is 12.1. The molecule has 4 nitrogen and oxygen atoms in total. The number of nitrogens with zero attached hydrogens (tertiary/aromatic N) is 2. The van der Waals surface area contributed by atoms with Gasteiger partial charge in [0.1, 0.15) is 0 Å². The van der Waals surface area contributed by atoms with Crippen LogP contribution >= 0.6 is 0 Å². The Morgan fingerprint density at radius 3 is 2.67 bits per heavy atom. The average Bonchev–Trinajstić information content (AvgIpc) is 3.08. The average molecular weight is 283 g/mol. The van der Waals surface area contributed by atoms with Gasteiger partial charge in [-0.15, -0.1) is 0 Å². The number of hydrogen-bond acceptors (Lipinski definition) is 3. The van der Waals surface area contributed by atoms with E-state index in [1.54, 1.807) is 6.08 Å². The maximum absolute atomic E-state index is 12.2. The lowest BCUT2D eigenvalue weighted by Crippen LogP contribution is -2.44. The standard InChI is InChI=1S/C17H21N3O/c21-17(7-6-14-4-2-1-3-5-14)20-10-8-15(9-11-20)16-12-18-13-19-16/h1-7,13,15-16H,8-12H2,(H,18,19)/b7-6+. The molecule has 1 atom stereocenters. The van der Waals surface area contributed by atoms with Gasteiger partial charge in [0.05, 0.1) is 12.9 Å². The third-order valence-electron chi connectivity index (χ3n) is 4.32. The van der Waals surface area contributed by atoms with Crippen molar-refractivity contribution in [3.05, 3.63) is 42.0 Å². The Bertz CT molecular complexity index is 522. The number of benzene rings is 1. The summed E-state index contributed by atoms with van der Waals surface area (Å²) in [4.78, 5) is 18.4. The lowest BCUT2D eigenvalue weighted by Gasteiger charge is -2.34. The van der Waals surface area contributed by atoms with E-state index in [4.69, 9.17) is 0 Å². The molecule has 21 heavy (non-hydrogen) atoms. The highest BCUT2D eigenvalue weighted by molar-refractivity contribution is 5.91. The van der Waals surface area contributed by atoms with Crippen molar-refractivity contribution in [2.24, 2.45) is 10.9 Å². The van der Waals surface area contributed by atoms with Crippen LogP contribution in [-0.2, 0) is 4.79 Å². The van der Waals surface area contributed by atoms with E-state index in [2.05, 4.69) is 10.3 Å². The summed E-state index contributed by atoms with van der Waals surface area (Å²) in [6.07, 6.45) is 7.51. The van der Waals surface area contributed by atoms with Gasteiger partial charge in [-0.1, -0.05) is 30.3 Å². The molecule has 1 aromatic rings. The van der Waals surface area contributed by atoms with Crippen LogP contribution in [-0.4, -0.2) is 42.8 Å². The Hall–Kier alpha value is -2.10. The summed E-state index contributed by atoms with van der Waals surface area (Å²) in [5.74, 6) is 0.752. The Morgan fingerprint density at radius 2 is 2.00 bits per heavy atom. The first kappa shape index (κ1) is 13.9. The summed E-state index contributed by atoms with van der Waals surface area (Å²) < 4.78 is 0. The van der Waals surface area contributed by atoms with Gasteiger partial charge in [0.15, 0.2) is 0 Å². The van der Waals surface area contributed by atoms with Gasteiger partial charge in [0.2, 0.25) is 5.91 Å². The second-order valence-corrected chi connectivity index (χ2v) is 5.67. The predicted octanol–water partition coefficient (Wildman–Crippen LogP) is 1.94. The molecule has 0 bridgehead atoms. The van der Waals surface area contributed by atoms with Crippen molar-refractivity contribution in [1.82, 2.24) is 10.2 Å². The van der Waals surface area contributed by atoms with Gasteiger partial charge in [-0.2, -0.15) is 0 Å². The van der Waals surface area contributed by atoms with E-state index < -0.39 is 0 Å². The normalized spacial score (nSPS) is 22.7. The Balaban J connectivity index is 1.49. The molecule has 1 unspecified atom stereocenters. The molecule has 1 aromatic carbocycles.